The molecule has 20 heavy (non-hydrogen) atoms. The zero-order valence-corrected chi connectivity index (χ0v) is 12.5. The number of carbonyl (C=O) groups excluding carboxylic acids is 3. The number of carbonyl (C=O) groups is 3. The Balaban J connectivity index is 2.74. The molecule has 0 saturated carbocycles. The minimum absolute atomic E-state index is 0.221. The van der Waals surface area contributed by atoms with Crippen LogP contribution >= 0.6 is 11.3 Å². The molecule has 1 heterocycles. The molecule has 0 aromatic carbocycles. The number of hydrogen-bond donors (Lipinski definition) is 1. The summed E-state index contributed by atoms with van der Waals surface area (Å²) in [7, 11) is 0. The van der Waals surface area contributed by atoms with E-state index < -0.39 is 17.8 Å². The van der Waals surface area contributed by atoms with Crippen LogP contribution in [0.3, 0.4) is 0 Å². The number of hydrogen-bond acceptors (Lipinski definition) is 6. The molecule has 1 amide bonds. The van der Waals surface area contributed by atoms with Gasteiger partial charge in [-0.15, -0.1) is 11.3 Å². The van der Waals surface area contributed by atoms with E-state index in [1.54, 1.807) is 19.9 Å². The van der Waals surface area contributed by atoms with Crippen LogP contribution in [0.1, 0.15) is 35.5 Å². The lowest BCUT2D eigenvalue weighted by molar-refractivity contribution is -0.145. The first-order valence-corrected chi connectivity index (χ1v) is 7.02. The second-order valence-corrected chi connectivity index (χ2v) is 5.11. The van der Waals surface area contributed by atoms with E-state index in [1.807, 2.05) is 6.92 Å². The van der Waals surface area contributed by atoms with E-state index in [9.17, 15) is 14.4 Å². The van der Waals surface area contributed by atoms with Gasteiger partial charge in [0.05, 0.1) is 18.8 Å². The summed E-state index contributed by atoms with van der Waals surface area (Å²) in [5, 5.41) is 2.92. The molecule has 0 aliphatic carbocycles. The maximum Gasteiger partial charge on any atom is 0.341 e. The van der Waals surface area contributed by atoms with Crippen molar-refractivity contribution in [2.45, 2.75) is 27.2 Å². The van der Waals surface area contributed by atoms with Crippen molar-refractivity contribution in [2.75, 3.05) is 18.5 Å². The smallest absolute Gasteiger partial charge is 0.341 e. The molecule has 0 radical (unpaired) electrons. The first-order valence-electron chi connectivity index (χ1n) is 6.20. The van der Waals surface area contributed by atoms with E-state index in [0.29, 0.717) is 10.6 Å². The van der Waals surface area contributed by atoms with Crippen molar-refractivity contribution >= 4 is 34.2 Å². The van der Waals surface area contributed by atoms with Crippen molar-refractivity contribution in [1.29, 1.82) is 0 Å². The summed E-state index contributed by atoms with van der Waals surface area (Å²) in [6, 6.07) is 1.64. The molecule has 0 saturated heterocycles. The average molecular weight is 299 g/mol. The summed E-state index contributed by atoms with van der Waals surface area (Å²) in [5.74, 6) is -1.62. The number of thiophene rings is 1. The first kappa shape index (κ1) is 16.2. The normalized spacial score (nSPS) is 9.95. The van der Waals surface area contributed by atoms with Crippen LogP contribution in [-0.2, 0) is 19.1 Å². The third kappa shape index (κ3) is 4.65. The lowest BCUT2D eigenvalue weighted by atomic mass is 10.3. The molecule has 1 aromatic heterocycles. The summed E-state index contributed by atoms with van der Waals surface area (Å²) >= 11 is 1.25. The van der Waals surface area contributed by atoms with Gasteiger partial charge < -0.3 is 14.8 Å². The Kier molecular flexibility index (Phi) is 6.17. The minimum atomic E-state index is -0.601. The number of nitrogens with one attached hydrogen (secondary N) is 1. The Morgan fingerprint density at radius 1 is 1.20 bits per heavy atom. The fourth-order valence-electron chi connectivity index (χ4n) is 1.48. The number of ether oxygens (including phenoxy) is 2. The van der Waals surface area contributed by atoms with Crippen LogP contribution in [0.4, 0.5) is 5.00 Å². The number of anilines is 1. The zero-order valence-electron chi connectivity index (χ0n) is 11.6. The van der Waals surface area contributed by atoms with Gasteiger partial charge in [0.25, 0.3) is 0 Å². The van der Waals surface area contributed by atoms with Crippen LogP contribution in [0.5, 0.6) is 0 Å². The molecular formula is C13H17NO5S. The molecule has 0 atom stereocenters. The molecule has 1 aromatic rings. The second kappa shape index (κ2) is 7.64. The van der Waals surface area contributed by atoms with Crippen LogP contribution in [-0.4, -0.2) is 31.1 Å². The molecule has 1 rings (SSSR count). The van der Waals surface area contributed by atoms with Gasteiger partial charge in [-0.3, -0.25) is 9.59 Å². The number of amides is 1. The maximum atomic E-state index is 11.7. The van der Waals surface area contributed by atoms with Gasteiger partial charge in [0, 0.05) is 4.88 Å². The summed E-state index contributed by atoms with van der Waals surface area (Å²) in [4.78, 5) is 35.5. The largest absolute Gasteiger partial charge is 0.466 e. The number of esters is 2. The average Bonchev–Trinajstić information content (AvgIpc) is 2.70. The van der Waals surface area contributed by atoms with Gasteiger partial charge in [0.15, 0.2) is 0 Å². The molecule has 6 nitrogen and oxygen atoms in total. The van der Waals surface area contributed by atoms with E-state index in [1.165, 1.54) is 11.3 Å². The molecule has 0 fully saturated rings. The van der Waals surface area contributed by atoms with E-state index in [2.05, 4.69) is 10.1 Å². The Hall–Kier alpha value is -1.89. The van der Waals surface area contributed by atoms with Crippen LogP contribution in [0, 0.1) is 6.92 Å². The fraction of sp³-hybridized carbons (Fsp3) is 0.462. The Labute approximate surface area is 121 Å². The van der Waals surface area contributed by atoms with Crippen LogP contribution in [0.25, 0.3) is 0 Å². The van der Waals surface area contributed by atoms with Crippen molar-refractivity contribution in [3.05, 3.63) is 16.5 Å². The topological polar surface area (TPSA) is 81.7 Å². The van der Waals surface area contributed by atoms with Gasteiger partial charge in [-0.25, -0.2) is 4.79 Å². The molecule has 0 aliphatic heterocycles. The number of rotatable bonds is 6. The van der Waals surface area contributed by atoms with Crippen molar-refractivity contribution in [2.24, 2.45) is 0 Å². The molecule has 0 aliphatic rings. The van der Waals surface area contributed by atoms with Crippen molar-refractivity contribution in [1.82, 2.24) is 0 Å². The Bertz CT molecular complexity index is 509. The van der Waals surface area contributed by atoms with E-state index in [0.717, 1.165) is 4.88 Å². The zero-order chi connectivity index (χ0) is 15.1. The van der Waals surface area contributed by atoms with Gasteiger partial charge in [0.2, 0.25) is 5.91 Å². The lowest BCUT2D eigenvalue weighted by Gasteiger charge is -2.05. The van der Waals surface area contributed by atoms with E-state index in [-0.39, 0.29) is 19.6 Å². The molecular weight excluding hydrogens is 282 g/mol. The van der Waals surface area contributed by atoms with Crippen LogP contribution in [0.2, 0.25) is 0 Å². The van der Waals surface area contributed by atoms with Gasteiger partial charge >= 0.3 is 11.9 Å². The van der Waals surface area contributed by atoms with Crippen LogP contribution < -0.4 is 5.32 Å². The highest BCUT2D eigenvalue weighted by Gasteiger charge is 2.19. The highest BCUT2D eigenvalue weighted by Crippen LogP contribution is 2.28. The SMILES string of the molecule is CCOC(=O)CC(=O)Nc1sc(C)cc1C(=O)OCC. The minimum Gasteiger partial charge on any atom is -0.466 e. The van der Waals surface area contributed by atoms with Gasteiger partial charge in [-0.2, -0.15) is 0 Å². The quantitative estimate of drug-likeness (QED) is 0.642. The van der Waals surface area contributed by atoms with Crippen LogP contribution in [0.15, 0.2) is 6.07 Å². The fourth-order valence-corrected chi connectivity index (χ4v) is 2.40. The van der Waals surface area contributed by atoms with Crippen molar-refractivity contribution in [3.8, 4) is 0 Å². The standard InChI is InChI=1S/C13H17NO5S/c1-4-18-11(16)7-10(15)14-12-9(6-8(3)20-12)13(17)19-5-2/h6H,4-5,7H2,1-3H3,(H,14,15). The molecule has 7 heteroatoms. The first-order chi connectivity index (χ1) is 9.47. The summed E-state index contributed by atoms with van der Waals surface area (Å²) < 4.78 is 9.59. The summed E-state index contributed by atoms with van der Waals surface area (Å²) in [6.07, 6.45) is -0.382. The predicted octanol–water partition coefficient (Wildman–Crippen LogP) is 2.12. The molecule has 0 unspecified atom stereocenters. The highest BCUT2D eigenvalue weighted by atomic mass is 32.1. The predicted molar refractivity (Wildman–Crippen MR) is 74.9 cm³/mol. The van der Waals surface area contributed by atoms with Gasteiger partial charge in [-0.1, -0.05) is 0 Å². The maximum absolute atomic E-state index is 11.7. The molecule has 110 valence electrons. The van der Waals surface area contributed by atoms with Gasteiger partial charge in [0.1, 0.15) is 11.4 Å². The lowest BCUT2D eigenvalue weighted by Crippen LogP contribution is -2.19. The third-order valence-electron chi connectivity index (χ3n) is 2.21. The van der Waals surface area contributed by atoms with E-state index in [4.69, 9.17) is 4.74 Å². The molecule has 1 N–H and O–H groups in total. The third-order valence-corrected chi connectivity index (χ3v) is 3.18. The van der Waals surface area contributed by atoms with Gasteiger partial charge in [-0.05, 0) is 26.8 Å². The van der Waals surface area contributed by atoms with E-state index >= 15 is 0 Å². The van der Waals surface area contributed by atoms with Crippen molar-refractivity contribution in [3.63, 3.8) is 0 Å². The molecule has 0 bridgehead atoms. The second-order valence-electron chi connectivity index (χ2n) is 3.85. The summed E-state index contributed by atoms with van der Waals surface area (Å²) in [5.41, 5.74) is 0.298. The number of aryl methyl sites for hydroxylation is 1. The Morgan fingerprint density at radius 3 is 2.45 bits per heavy atom. The highest BCUT2D eigenvalue weighted by molar-refractivity contribution is 7.16. The Morgan fingerprint density at radius 2 is 1.85 bits per heavy atom. The monoisotopic (exact) mass is 299 g/mol. The van der Waals surface area contributed by atoms with Crippen molar-refractivity contribution < 1.29 is 23.9 Å². The molecule has 0 spiro atoms. The summed E-state index contributed by atoms with van der Waals surface area (Å²) in [6.45, 7) is 5.66.